The minimum Gasteiger partial charge on any atom is -0.454 e. The Morgan fingerprint density at radius 2 is 1.80 bits per heavy atom. The molecule has 2 amide bonds. The number of benzene rings is 1. The van der Waals surface area contributed by atoms with Crippen LogP contribution in [0.5, 0.6) is 11.5 Å². The van der Waals surface area contributed by atoms with Gasteiger partial charge in [0.15, 0.2) is 11.5 Å². The summed E-state index contributed by atoms with van der Waals surface area (Å²) in [6.45, 7) is 2.50. The normalized spacial score (nSPS) is 14.9. The summed E-state index contributed by atoms with van der Waals surface area (Å²) in [5, 5.41) is 2.70. The van der Waals surface area contributed by atoms with Crippen molar-refractivity contribution in [3.05, 3.63) is 56.4 Å². The number of aryl methyl sites for hydroxylation is 2. The van der Waals surface area contributed by atoms with Gasteiger partial charge in [0.25, 0.3) is 11.5 Å². The number of pyridine rings is 1. The quantitative estimate of drug-likeness (QED) is 0.600. The molecule has 0 spiro atoms. The maximum absolute atomic E-state index is 13.5. The molecule has 2 aliphatic heterocycles. The van der Waals surface area contributed by atoms with Crippen molar-refractivity contribution in [2.24, 2.45) is 7.05 Å². The van der Waals surface area contributed by atoms with Crippen molar-refractivity contribution in [2.75, 3.05) is 25.2 Å². The van der Waals surface area contributed by atoms with E-state index in [1.54, 1.807) is 36.1 Å². The topological polar surface area (TPSA) is 125 Å². The number of piperidine rings is 1. The van der Waals surface area contributed by atoms with Gasteiger partial charge >= 0.3 is 5.69 Å². The van der Waals surface area contributed by atoms with Crippen LogP contribution in [0.3, 0.4) is 0 Å². The van der Waals surface area contributed by atoms with Crippen LogP contribution in [0.25, 0.3) is 11.0 Å². The molecule has 0 unspecified atom stereocenters. The molecule has 35 heavy (non-hydrogen) atoms. The van der Waals surface area contributed by atoms with Crippen LogP contribution in [0.15, 0.2) is 33.9 Å². The third kappa shape index (κ3) is 4.13. The van der Waals surface area contributed by atoms with Gasteiger partial charge in [-0.05, 0) is 44.4 Å². The van der Waals surface area contributed by atoms with Gasteiger partial charge in [-0.3, -0.25) is 23.5 Å². The fourth-order valence-corrected chi connectivity index (χ4v) is 4.50. The van der Waals surface area contributed by atoms with E-state index >= 15 is 0 Å². The number of carbonyl (C=O) groups excluding carboxylic acids is 2. The van der Waals surface area contributed by atoms with Crippen molar-refractivity contribution in [2.45, 2.75) is 32.7 Å². The fourth-order valence-electron chi connectivity index (χ4n) is 4.50. The van der Waals surface area contributed by atoms with Gasteiger partial charge in [-0.1, -0.05) is 0 Å². The number of likely N-dealkylation sites (tertiary alicyclic amines) is 1. The van der Waals surface area contributed by atoms with Crippen molar-refractivity contribution in [1.82, 2.24) is 19.0 Å². The Kier molecular flexibility index (Phi) is 5.75. The highest BCUT2D eigenvalue weighted by Crippen LogP contribution is 2.34. The average molecular weight is 479 g/mol. The zero-order valence-electron chi connectivity index (χ0n) is 19.5. The van der Waals surface area contributed by atoms with Crippen LogP contribution in [-0.4, -0.2) is 50.7 Å². The Balaban J connectivity index is 1.52. The van der Waals surface area contributed by atoms with Crippen molar-refractivity contribution in [3.63, 3.8) is 0 Å². The number of amides is 2. The van der Waals surface area contributed by atoms with Crippen LogP contribution >= 0.6 is 0 Å². The molecular formula is C24H25N5O6. The van der Waals surface area contributed by atoms with E-state index in [9.17, 15) is 19.2 Å². The molecule has 11 nitrogen and oxygen atoms in total. The minimum absolute atomic E-state index is 0.0316. The maximum Gasteiger partial charge on any atom is 0.332 e. The van der Waals surface area contributed by atoms with Crippen molar-refractivity contribution in [1.29, 1.82) is 0 Å². The first-order valence-corrected chi connectivity index (χ1v) is 11.4. The molecule has 0 aliphatic carbocycles. The summed E-state index contributed by atoms with van der Waals surface area (Å²) >= 11 is 0. The molecule has 1 saturated heterocycles. The molecule has 11 heteroatoms. The number of nitrogens with one attached hydrogen (secondary N) is 1. The first kappa shape index (κ1) is 22.6. The highest BCUT2D eigenvalue weighted by Gasteiger charge is 2.25. The molecule has 0 saturated carbocycles. The zero-order valence-corrected chi connectivity index (χ0v) is 19.5. The SMILES string of the molecule is Cc1cc(C(=O)N2CCCCC2)c2c(=O)n(CC(=O)Nc3ccc4c(c3)OCO4)c(=O)n(C)c2n1. The summed E-state index contributed by atoms with van der Waals surface area (Å²) in [5.74, 6) is 0.207. The van der Waals surface area contributed by atoms with Crippen LogP contribution in [-0.2, 0) is 18.4 Å². The van der Waals surface area contributed by atoms with Gasteiger partial charge in [0.1, 0.15) is 12.2 Å². The number of fused-ring (bicyclic) bond motifs is 2. The molecule has 0 atom stereocenters. The van der Waals surface area contributed by atoms with E-state index in [1.165, 1.54) is 11.6 Å². The third-order valence-electron chi connectivity index (χ3n) is 6.25. The van der Waals surface area contributed by atoms with E-state index < -0.39 is 23.7 Å². The van der Waals surface area contributed by atoms with Gasteiger partial charge in [0.2, 0.25) is 12.7 Å². The van der Waals surface area contributed by atoms with Crippen molar-refractivity contribution < 1.29 is 19.1 Å². The van der Waals surface area contributed by atoms with Crippen LogP contribution in [0, 0.1) is 6.92 Å². The van der Waals surface area contributed by atoms with Gasteiger partial charge in [-0.2, -0.15) is 0 Å². The highest BCUT2D eigenvalue weighted by molar-refractivity contribution is 6.05. The number of hydrogen-bond donors (Lipinski definition) is 1. The Morgan fingerprint density at radius 3 is 2.57 bits per heavy atom. The van der Waals surface area contributed by atoms with Crippen LogP contribution < -0.4 is 26.0 Å². The predicted molar refractivity (Wildman–Crippen MR) is 127 cm³/mol. The van der Waals surface area contributed by atoms with Crippen molar-refractivity contribution in [3.8, 4) is 11.5 Å². The number of hydrogen-bond acceptors (Lipinski definition) is 7. The van der Waals surface area contributed by atoms with Gasteiger partial charge in [-0.15, -0.1) is 0 Å². The van der Waals surface area contributed by atoms with Crippen LogP contribution in [0.4, 0.5) is 5.69 Å². The summed E-state index contributed by atoms with van der Waals surface area (Å²) in [6, 6.07) is 6.46. The number of rotatable bonds is 4. The lowest BCUT2D eigenvalue weighted by Crippen LogP contribution is -2.43. The molecule has 1 fully saturated rings. The minimum atomic E-state index is -0.725. The monoisotopic (exact) mass is 479 g/mol. The number of anilines is 1. The van der Waals surface area contributed by atoms with E-state index in [1.807, 2.05) is 0 Å². The molecule has 1 aromatic carbocycles. The van der Waals surface area contributed by atoms with E-state index in [0.29, 0.717) is 36.0 Å². The van der Waals surface area contributed by atoms with Crippen molar-refractivity contribution >= 4 is 28.5 Å². The fraction of sp³-hybridized carbons (Fsp3) is 0.375. The molecule has 2 aliphatic rings. The Morgan fingerprint density at radius 1 is 1.06 bits per heavy atom. The van der Waals surface area contributed by atoms with E-state index in [2.05, 4.69) is 10.3 Å². The first-order valence-electron chi connectivity index (χ1n) is 11.4. The van der Waals surface area contributed by atoms with Gasteiger partial charge < -0.3 is 19.7 Å². The van der Waals surface area contributed by atoms with E-state index in [-0.39, 0.29) is 29.3 Å². The maximum atomic E-state index is 13.5. The number of carbonyl (C=O) groups is 2. The zero-order chi connectivity index (χ0) is 24.7. The lowest BCUT2D eigenvalue weighted by molar-refractivity contribution is -0.116. The average Bonchev–Trinajstić information content (AvgIpc) is 3.33. The molecule has 5 rings (SSSR count). The second kappa shape index (κ2) is 8.90. The highest BCUT2D eigenvalue weighted by atomic mass is 16.7. The standard InChI is InChI=1S/C24H25N5O6/c1-14-10-16(22(31)28-8-4-3-5-9-28)20-21(25-14)27(2)24(33)29(23(20)32)12-19(30)26-15-6-7-17-18(11-15)35-13-34-17/h6-7,10-11H,3-5,8-9,12-13H2,1-2H3,(H,26,30). The first-order chi connectivity index (χ1) is 16.8. The molecule has 3 aromatic rings. The van der Waals surface area contributed by atoms with Crippen LogP contribution in [0.1, 0.15) is 35.3 Å². The summed E-state index contributed by atoms with van der Waals surface area (Å²) in [5.41, 5.74) is -0.156. The summed E-state index contributed by atoms with van der Waals surface area (Å²) in [7, 11) is 1.47. The number of nitrogens with zero attached hydrogens (tertiary/aromatic N) is 4. The Labute approximate surface area is 199 Å². The molecule has 1 N–H and O–H groups in total. The molecule has 182 valence electrons. The van der Waals surface area contributed by atoms with Crippen LogP contribution in [0.2, 0.25) is 0 Å². The summed E-state index contributed by atoms with van der Waals surface area (Å²) in [6.07, 6.45) is 2.85. The smallest absolute Gasteiger partial charge is 0.332 e. The lowest BCUT2D eigenvalue weighted by atomic mass is 10.1. The number of aromatic nitrogens is 3. The largest absolute Gasteiger partial charge is 0.454 e. The molecule has 0 radical (unpaired) electrons. The van der Waals surface area contributed by atoms with Gasteiger partial charge in [0.05, 0.1) is 10.9 Å². The second-order valence-electron chi connectivity index (χ2n) is 8.71. The van der Waals surface area contributed by atoms with Gasteiger partial charge in [0, 0.05) is 37.6 Å². The summed E-state index contributed by atoms with van der Waals surface area (Å²) < 4.78 is 12.6. The molecule has 4 heterocycles. The van der Waals surface area contributed by atoms with E-state index in [0.717, 1.165) is 23.8 Å². The summed E-state index contributed by atoms with van der Waals surface area (Å²) in [4.78, 5) is 58.7. The number of ether oxygens (including phenoxy) is 2. The predicted octanol–water partition coefficient (Wildman–Crippen LogP) is 1.40. The second-order valence-corrected chi connectivity index (χ2v) is 8.71. The lowest BCUT2D eigenvalue weighted by Gasteiger charge is -2.27. The molecule has 2 aromatic heterocycles. The third-order valence-corrected chi connectivity index (χ3v) is 6.25. The Bertz CT molecular complexity index is 1470. The molecular weight excluding hydrogens is 454 g/mol. The van der Waals surface area contributed by atoms with Gasteiger partial charge in [-0.25, -0.2) is 9.78 Å². The van der Waals surface area contributed by atoms with E-state index in [4.69, 9.17) is 9.47 Å². The Hall–Kier alpha value is -4.15. The molecule has 0 bridgehead atoms.